The van der Waals surface area contributed by atoms with Crippen molar-refractivity contribution in [2.24, 2.45) is 0 Å². The number of halogens is 2. The minimum absolute atomic E-state index is 0.0525. The van der Waals surface area contributed by atoms with Crippen molar-refractivity contribution in [2.45, 2.75) is 32.3 Å². The molecule has 1 heterocycles. The van der Waals surface area contributed by atoms with E-state index >= 15 is 0 Å². The third-order valence-corrected chi connectivity index (χ3v) is 3.73. The van der Waals surface area contributed by atoms with Crippen LogP contribution in [-0.4, -0.2) is 43.6 Å². The molecule has 0 spiro atoms. The quantitative estimate of drug-likeness (QED) is 0.787. The smallest absolute Gasteiger partial charge is 0.387 e. The molecular formula is C16H22F2N2O2. The van der Waals surface area contributed by atoms with Crippen LogP contribution in [0.3, 0.4) is 0 Å². The topological polar surface area (TPSA) is 41.6 Å². The van der Waals surface area contributed by atoms with E-state index in [4.69, 9.17) is 0 Å². The van der Waals surface area contributed by atoms with Crippen LogP contribution >= 0.6 is 0 Å². The van der Waals surface area contributed by atoms with Crippen LogP contribution in [-0.2, 0) is 0 Å². The number of nitrogens with one attached hydrogen (secondary N) is 1. The lowest BCUT2D eigenvalue weighted by atomic mass is 10.1. The molecule has 0 radical (unpaired) electrons. The molecular weight excluding hydrogens is 290 g/mol. The molecule has 0 saturated carbocycles. The summed E-state index contributed by atoms with van der Waals surface area (Å²) in [4.78, 5) is 14.3. The third-order valence-electron chi connectivity index (χ3n) is 3.73. The van der Waals surface area contributed by atoms with E-state index in [-0.39, 0.29) is 11.7 Å². The number of carbonyl (C=O) groups is 1. The molecule has 1 aliphatic rings. The van der Waals surface area contributed by atoms with Crippen LogP contribution in [0.25, 0.3) is 0 Å². The largest absolute Gasteiger partial charge is 0.435 e. The highest BCUT2D eigenvalue weighted by atomic mass is 19.3. The molecule has 0 bridgehead atoms. The van der Waals surface area contributed by atoms with E-state index in [1.54, 1.807) is 0 Å². The zero-order valence-electron chi connectivity index (χ0n) is 12.6. The molecule has 2 rings (SSSR count). The highest BCUT2D eigenvalue weighted by Gasteiger charge is 2.10. The van der Waals surface area contributed by atoms with Gasteiger partial charge in [0.2, 0.25) is 0 Å². The number of hydrogen-bond donors (Lipinski definition) is 1. The van der Waals surface area contributed by atoms with Crippen molar-refractivity contribution in [3.05, 3.63) is 29.8 Å². The Morgan fingerprint density at radius 1 is 1.18 bits per heavy atom. The molecule has 1 saturated heterocycles. The maximum atomic E-state index is 12.0. The molecule has 0 unspecified atom stereocenters. The van der Waals surface area contributed by atoms with Gasteiger partial charge < -0.3 is 15.0 Å². The van der Waals surface area contributed by atoms with Gasteiger partial charge in [-0.15, -0.1) is 0 Å². The molecule has 1 aromatic carbocycles. The first-order chi connectivity index (χ1) is 10.6. The SMILES string of the molecule is O=C(NCCCN1CCCCC1)c1ccc(OC(F)F)cc1. The van der Waals surface area contributed by atoms with Gasteiger partial charge in [0, 0.05) is 12.1 Å². The molecule has 4 nitrogen and oxygen atoms in total. The van der Waals surface area contributed by atoms with Gasteiger partial charge in [0.1, 0.15) is 5.75 Å². The normalized spacial score (nSPS) is 15.8. The maximum absolute atomic E-state index is 12.0. The summed E-state index contributed by atoms with van der Waals surface area (Å²) in [6.07, 6.45) is 4.76. The molecule has 1 aliphatic heterocycles. The Kier molecular flexibility index (Phi) is 6.58. The number of benzene rings is 1. The van der Waals surface area contributed by atoms with Crippen LogP contribution in [0.1, 0.15) is 36.0 Å². The summed E-state index contributed by atoms with van der Waals surface area (Å²) < 4.78 is 28.3. The van der Waals surface area contributed by atoms with Crippen LogP contribution in [0.5, 0.6) is 5.75 Å². The summed E-state index contributed by atoms with van der Waals surface area (Å²) in [5, 5.41) is 2.84. The molecule has 0 aromatic heterocycles. The monoisotopic (exact) mass is 312 g/mol. The summed E-state index contributed by atoms with van der Waals surface area (Å²) in [6.45, 7) is 1.07. The van der Waals surface area contributed by atoms with Gasteiger partial charge in [-0.3, -0.25) is 4.79 Å². The van der Waals surface area contributed by atoms with E-state index < -0.39 is 6.61 Å². The van der Waals surface area contributed by atoms with E-state index in [1.807, 2.05) is 0 Å². The fraction of sp³-hybridized carbons (Fsp3) is 0.562. The predicted molar refractivity (Wildman–Crippen MR) is 80.3 cm³/mol. The van der Waals surface area contributed by atoms with E-state index in [2.05, 4.69) is 15.0 Å². The molecule has 6 heteroatoms. The summed E-state index contributed by atoms with van der Waals surface area (Å²) in [5.74, 6) is -0.140. The summed E-state index contributed by atoms with van der Waals surface area (Å²) >= 11 is 0. The van der Waals surface area contributed by atoms with E-state index in [0.29, 0.717) is 12.1 Å². The first kappa shape index (κ1) is 16.7. The Labute approximate surface area is 129 Å². The Bertz CT molecular complexity index is 460. The van der Waals surface area contributed by atoms with Gasteiger partial charge in [0.25, 0.3) is 5.91 Å². The Morgan fingerprint density at radius 3 is 2.50 bits per heavy atom. The van der Waals surface area contributed by atoms with E-state index in [9.17, 15) is 13.6 Å². The average Bonchev–Trinajstić information content (AvgIpc) is 2.52. The van der Waals surface area contributed by atoms with Crippen molar-refractivity contribution < 1.29 is 18.3 Å². The first-order valence-electron chi connectivity index (χ1n) is 7.70. The molecule has 1 amide bonds. The number of amides is 1. The average molecular weight is 312 g/mol. The number of ether oxygens (including phenoxy) is 1. The van der Waals surface area contributed by atoms with Crippen LogP contribution < -0.4 is 10.1 Å². The molecule has 1 fully saturated rings. The minimum Gasteiger partial charge on any atom is -0.435 e. The van der Waals surface area contributed by atoms with Gasteiger partial charge in [-0.25, -0.2) is 0 Å². The van der Waals surface area contributed by atoms with Gasteiger partial charge in [-0.05, 0) is 63.2 Å². The summed E-state index contributed by atoms with van der Waals surface area (Å²) in [6, 6.07) is 5.71. The van der Waals surface area contributed by atoms with Gasteiger partial charge in [-0.2, -0.15) is 8.78 Å². The van der Waals surface area contributed by atoms with Crippen molar-refractivity contribution in [2.75, 3.05) is 26.2 Å². The second-order valence-corrected chi connectivity index (χ2v) is 5.41. The van der Waals surface area contributed by atoms with E-state index in [1.165, 1.54) is 43.5 Å². The highest BCUT2D eigenvalue weighted by molar-refractivity contribution is 5.94. The Balaban J connectivity index is 1.68. The number of piperidine rings is 1. The first-order valence-corrected chi connectivity index (χ1v) is 7.70. The zero-order valence-corrected chi connectivity index (χ0v) is 12.6. The molecule has 0 aliphatic carbocycles. The number of rotatable bonds is 7. The summed E-state index contributed by atoms with van der Waals surface area (Å²) in [5.41, 5.74) is 0.444. The van der Waals surface area contributed by atoms with Gasteiger partial charge in [0.05, 0.1) is 0 Å². The lowest BCUT2D eigenvalue weighted by molar-refractivity contribution is -0.0498. The Hall–Kier alpha value is -1.69. The summed E-state index contributed by atoms with van der Waals surface area (Å²) in [7, 11) is 0. The fourth-order valence-corrected chi connectivity index (χ4v) is 2.58. The second kappa shape index (κ2) is 8.68. The zero-order chi connectivity index (χ0) is 15.8. The van der Waals surface area contributed by atoms with Gasteiger partial charge in [-0.1, -0.05) is 6.42 Å². The highest BCUT2D eigenvalue weighted by Crippen LogP contribution is 2.14. The number of nitrogens with zero attached hydrogens (tertiary/aromatic N) is 1. The maximum Gasteiger partial charge on any atom is 0.387 e. The molecule has 0 atom stereocenters. The van der Waals surface area contributed by atoms with Crippen molar-refractivity contribution in [1.29, 1.82) is 0 Å². The Morgan fingerprint density at radius 2 is 1.86 bits per heavy atom. The number of likely N-dealkylation sites (tertiary alicyclic amines) is 1. The lowest BCUT2D eigenvalue weighted by Gasteiger charge is -2.26. The van der Waals surface area contributed by atoms with Crippen LogP contribution in [0.4, 0.5) is 8.78 Å². The fourth-order valence-electron chi connectivity index (χ4n) is 2.58. The lowest BCUT2D eigenvalue weighted by Crippen LogP contribution is -2.33. The predicted octanol–water partition coefficient (Wildman–Crippen LogP) is 2.89. The molecule has 122 valence electrons. The van der Waals surface area contributed by atoms with Crippen molar-refractivity contribution in [3.8, 4) is 5.75 Å². The second-order valence-electron chi connectivity index (χ2n) is 5.41. The van der Waals surface area contributed by atoms with Crippen LogP contribution in [0.15, 0.2) is 24.3 Å². The van der Waals surface area contributed by atoms with Gasteiger partial charge >= 0.3 is 6.61 Å². The van der Waals surface area contributed by atoms with E-state index in [0.717, 1.165) is 26.1 Å². The van der Waals surface area contributed by atoms with Gasteiger partial charge in [0.15, 0.2) is 0 Å². The number of hydrogen-bond acceptors (Lipinski definition) is 3. The molecule has 1 N–H and O–H groups in total. The van der Waals surface area contributed by atoms with Crippen molar-refractivity contribution in [1.82, 2.24) is 10.2 Å². The van der Waals surface area contributed by atoms with Crippen LogP contribution in [0, 0.1) is 0 Å². The number of carbonyl (C=O) groups excluding carboxylic acids is 1. The van der Waals surface area contributed by atoms with Crippen molar-refractivity contribution in [3.63, 3.8) is 0 Å². The molecule has 22 heavy (non-hydrogen) atoms. The van der Waals surface area contributed by atoms with Crippen LogP contribution in [0.2, 0.25) is 0 Å². The minimum atomic E-state index is -2.85. The third kappa shape index (κ3) is 5.60. The number of alkyl halides is 2. The van der Waals surface area contributed by atoms with Crippen molar-refractivity contribution >= 4 is 5.91 Å². The molecule has 1 aromatic rings. The standard InChI is InChI=1S/C16H22F2N2O2/c17-16(18)22-14-7-5-13(6-8-14)15(21)19-9-4-12-20-10-2-1-3-11-20/h5-8,16H,1-4,9-12H2,(H,19,21).